The molecular formula is C18H17BrFNO3. The Hall–Kier alpha value is -1.95. The van der Waals surface area contributed by atoms with E-state index in [1.165, 1.54) is 12.1 Å². The zero-order valence-electron chi connectivity index (χ0n) is 13.4. The third-order valence-corrected chi connectivity index (χ3v) is 4.68. The number of hydrogen-bond donors (Lipinski definition) is 0. The van der Waals surface area contributed by atoms with Crippen molar-refractivity contribution >= 4 is 27.7 Å². The number of ether oxygens (including phenoxy) is 1. The lowest BCUT2D eigenvalue weighted by molar-refractivity contribution is 0.0470. The van der Waals surface area contributed by atoms with Gasteiger partial charge in [0.25, 0.3) is 0 Å². The molecule has 24 heavy (non-hydrogen) atoms. The topological polar surface area (TPSA) is 48.3 Å². The van der Waals surface area contributed by atoms with Crippen molar-refractivity contribution < 1.29 is 18.7 Å². The van der Waals surface area contributed by atoms with Crippen molar-refractivity contribution in [2.75, 3.05) is 6.61 Å². The van der Waals surface area contributed by atoms with Crippen LogP contribution in [0.5, 0.6) is 0 Å². The van der Waals surface area contributed by atoms with Gasteiger partial charge in [0.1, 0.15) is 5.82 Å². The molecule has 0 N–H and O–H groups in total. The van der Waals surface area contributed by atoms with Crippen molar-refractivity contribution in [3.63, 3.8) is 0 Å². The van der Waals surface area contributed by atoms with Crippen LogP contribution in [0.15, 0.2) is 28.7 Å². The number of aryl methyl sites for hydroxylation is 1. The Morgan fingerprint density at radius 1 is 1.25 bits per heavy atom. The Kier molecular flexibility index (Phi) is 4.58. The molecule has 1 aromatic heterocycles. The molecule has 0 spiro atoms. The highest BCUT2D eigenvalue weighted by molar-refractivity contribution is 9.10. The molecule has 1 aliphatic rings. The van der Waals surface area contributed by atoms with Crippen LogP contribution in [0.25, 0.3) is 0 Å². The molecule has 0 aliphatic heterocycles. The summed E-state index contributed by atoms with van der Waals surface area (Å²) >= 11 is 3.12. The van der Waals surface area contributed by atoms with Crippen molar-refractivity contribution in [3.8, 4) is 0 Å². The van der Waals surface area contributed by atoms with E-state index in [1.54, 1.807) is 6.07 Å². The smallest absolute Gasteiger partial charge is 0.341 e. The predicted octanol–water partition coefficient (Wildman–Crippen LogP) is 4.38. The highest BCUT2D eigenvalue weighted by Crippen LogP contribution is 2.38. The number of halogens is 2. The van der Waals surface area contributed by atoms with E-state index in [-0.39, 0.29) is 11.3 Å². The third kappa shape index (κ3) is 3.29. The van der Waals surface area contributed by atoms with E-state index in [0.29, 0.717) is 16.1 Å². The summed E-state index contributed by atoms with van der Waals surface area (Å²) in [6.45, 7) is 3.46. The van der Waals surface area contributed by atoms with E-state index in [1.807, 2.05) is 19.9 Å². The lowest BCUT2D eigenvalue weighted by Gasteiger charge is -2.08. The van der Waals surface area contributed by atoms with Crippen LogP contribution in [0.3, 0.4) is 0 Å². The number of esters is 1. The first-order valence-corrected chi connectivity index (χ1v) is 8.51. The van der Waals surface area contributed by atoms with Gasteiger partial charge in [-0.25, -0.2) is 9.18 Å². The van der Waals surface area contributed by atoms with Crippen LogP contribution >= 0.6 is 15.9 Å². The Balaban J connectivity index is 1.69. The first kappa shape index (κ1) is 16.9. The fraction of sp³-hybridized carbons (Fsp3) is 0.333. The number of nitrogens with zero attached hydrogens (tertiary/aromatic N) is 1. The SMILES string of the molecule is Cc1cc(C(=O)COC(=O)c2ccc(Br)cc2F)c(C)n1C1CC1. The maximum atomic E-state index is 13.7. The molecule has 0 bridgehead atoms. The van der Waals surface area contributed by atoms with Gasteiger partial charge in [-0.15, -0.1) is 0 Å². The minimum atomic E-state index is -0.843. The van der Waals surface area contributed by atoms with Gasteiger partial charge in [0.15, 0.2) is 6.61 Å². The maximum absolute atomic E-state index is 13.7. The molecule has 1 fully saturated rings. The molecule has 0 unspecified atom stereocenters. The monoisotopic (exact) mass is 393 g/mol. The number of hydrogen-bond acceptors (Lipinski definition) is 3. The van der Waals surface area contributed by atoms with E-state index in [2.05, 4.69) is 20.5 Å². The molecule has 0 radical (unpaired) electrons. The molecule has 1 aliphatic carbocycles. The van der Waals surface area contributed by atoms with Crippen molar-refractivity contribution in [2.24, 2.45) is 0 Å². The molecule has 6 heteroatoms. The van der Waals surface area contributed by atoms with Crippen LogP contribution in [-0.2, 0) is 4.74 Å². The van der Waals surface area contributed by atoms with Crippen LogP contribution in [0.4, 0.5) is 4.39 Å². The molecule has 1 aromatic carbocycles. The van der Waals surface area contributed by atoms with Crippen LogP contribution in [0, 0.1) is 19.7 Å². The lowest BCUT2D eigenvalue weighted by Crippen LogP contribution is -2.16. The van der Waals surface area contributed by atoms with Gasteiger partial charge >= 0.3 is 5.97 Å². The van der Waals surface area contributed by atoms with Gasteiger partial charge in [0.05, 0.1) is 5.56 Å². The first-order chi connectivity index (χ1) is 11.4. The first-order valence-electron chi connectivity index (χ1n) is 7.72. The second kappa shape index (κ2) is 6.51. The Bertz CT molecular complexity index is 824. The van der Waals surface area contributed by atoms with Gasteiger partial charge in [-0.3, -0.25) is 4.79 Å². The van der Waals surface area contributed by atoms with Crippen molar-refractivity contribution in [1.82, 2.24) is 4.57 Å². The fourth-order valence-corrected chi connectivity index (χ4v) is 3.23. The average molecular weight is 394 g/mol. The van der Waals surface area contributed by atoms with E-state index in [0.717, 1.165) is 24.2 Å². The Morgan fingerprint density at radius 3 is 2.58 bits per heavy atom. The van der Waals surface area contributed by atoms with Crippen molar-refractivity contribution in [1.29, 1.82) is 0 Å². The predicted molar refractivity (Wildman–Crippen MR) is 90.9 cm³/mol. The highest BCUT2D eigenvalue weighted by Gasteiger charge is 2.28. The molecule has 126 valence electrons. The summed E-state index contributed by atoms with van der Waals surface area (Å²) in [5.74, 6) is -1.81. The van der Waals surface area contributed by atoms with Gasteiger partial charge in [0.2, 0.25) is 5.78 Å². The summed E-state index contributed by atoms with van der Waals surface area (Å²) in [5.41, 5.74) is 2.30. The fourth-order valence-electron chi connectivity index (χ4n) is 2.90. The zero-order valence-corrected chi connectivity index (χ0v) is 15.0. The molecule has 1 saturated carbocycles. The number of rotatable bonds is 5. The summed E-state index contributed by atoms with van der Waals surface area (Å²) in [5, 5.41) is 0. The number of ketones is 1. The molecule has 0 saturated heterocycles. The van der Waals surface area contributed by atoms with Crippen LogP contribution in [0.1, 0.15) is 51.0 Å². The van der Waals surface area contributed by atoms with E-state index in [9.17, 15) is 14.0 Å². The average Bonchev–Trinajstić information content (AvgIpc) is 3.30. The van der Waals surface area contributed by atoms with Crippen LogP contribution in [0.2, 0.25) is 0 Å². The molecule has 4 nitrogen and oxygen atoms in total. The van der Waals surface area contributed by atoms with E-state index in [4.69, 9.17) is 4.74 Å². The maximum Gasteiger partial charge on any atom is 0.341 e. The second-order valence-corrected chi connectivity index (χ2v) is 6.93. The molecule has 1 heterocycles. The number of aromatic nitrogens is 1. The van der Waals surface area contributed by atoms with Crippen molar-refractivity contribution in [2.45, 2.75) is 32.7 Å². The molecule has 0 amide bonds. The summed E-state index contributed by atoms with van der Waals surface area (Å²) < 4.78 is 21.4. The number of carbonyl (C=O) groups excluding carboxylic acids is 2. The normalized spacial score (nSPS) is 13.8. The standard InChI is InChI=1S/C18H17BrFNO3/c1-10-7-15(11(2)21(10)13-4-5-13)17(22)9-24-18(23)14-6-3-12(19)8-16(14)20/h3,6-8,13H,4-5,9H2,1-2H3. The van der Waals surface area contributed by atoms with Gasteiger partial charge in [-0.1, -0.05) is 15.9 Å². The number of Topliss-reactive ketones (excluding diaryl/α,β-unsaturated/α-hetero) is 1. The molecule has 3 rings (SSSR count). The van der Waals surface area contributed by atoms with Crippen molar-refractivity contribution in [3.05, 3.63) is 57.1 Å². The largest absolute Gasteiger partial charge is 0.454 e. The number of carbonyl (C=O) groups is 2. The minimum Gasteiger partial charge on any atom is -0.454 e. The molecule has 2 aromatic rings. The summed E-state index contributed by atoms with van der Waals surface area (Å²) in [7, 11) is 0. The summed E-state index contributed by atoms with van der Waals surface area (Å²) in [6.07, 6.45) is 2.25. The minimum absolute atomic E-state index is 0.186. The lowest BCUT2D eigenvalue weighted by atomic mass is 10.1. The molecule has 0 atom stereocenters. The van der Waals surface area contributed by atoms with E-state index < -0.39 is 18.4 Å². The summed E-state index contributed by atoms with van der Waals surface area (Å²) in [4.78, 5) is 24.3. The van der Waals surface area contributed by atoms with E-state index >= 15 is 0 Å². The molecular weight excluding hydrogens is 377 g/mol. The van der Waals surface area contributed by atoms with Crippen LogP contribution < -0.4 is 0 Å². The quantitative estimate of drug-likeness (QED) is 0.559. The highest BCUT2D eigenvalue weighted by atomic mass is 79.9. The second-order valence-electron chi connectivity index (χ2n) is 6.01. The summed E-state index contributed by atoms with van der Waals surface area (Å²) in [6, 6.07) is 6.35. The number of benzene rings is 1. The van der Waals surface area contributed by atoms with Gasteiger partial charge in [-0.2, -0.15) is 0 Å². The van der Waals surface area contributed by atoms with Crippen LogP contribution in [-0.4, -0.2) is 22.9 Å². The van der Waals surface area contributed by atoms with Gasteiger partial charge in [-0.05, 0) is 51.0 Å². The zero-order chi connectivity index (χ0) is 17.4. The van der Waals surface area contributed by atoms with Gasteiger partial charge < -0.3 is 9.30 Å². The third-order valence-electron chi connectivity index (χ3n) is 4.18. The van der Waals surface area contributed by atoms with Gasteiger partial charge in [0, 0.05) is 27.5 Å². The Labute approximate surface area is 147 Å². The Morgan fingerprint density at radius 2 is 1.96 bits per heavy atom.